The third-order valence-electron chi connectivity index (χ3n) is 9.00. The van der Waals surface area contributed by atoms with Crippen LogP contribution in [0.25, 0.3) is 5.57 Å². The van der Waals surface area contributed by atoms with Crippen LogP contribution in [0.1, 0.15) is 93.1 Å². The third kappa shape index (κ3) is 9.44. The smallest absolute Gasteiger partial charge is 0.410 e. The summed E-state index contributed by atoms with van der Waals surface area (Å²) in [5.74, 6) is -3.13. The van der Waals surface area contributed by atoms with Gasteiger partial charge in [-0.1, -0.05) is 19.1 Å². The minimum atomic E-state index is -3.13. The summed E-state index contributed by atoms with van der Waals surface area (Å²) in [6.07, 6.45) is 13.8. The molecule has 10 heteroatoms. The molecule has 0 bridgehead atoms. The molecule has 1 aliphatic carbocycles. The second-order valence-corrected chi connectivity index (χ2v) is 13.0. The highest BCUT2D eigenvalue weighted by Crippen LogP contribution is 2.36. The summed E-state index contributed by atoms with van der Waals surface area (Å²) < 4.78 is 36.1. The van der Waals surface area contributed by atoms with Crippen molar-refractivity contribution in [2.75, 3.05) is 26.2 Å². The predicted molar refractivity (Wildman–Crippen MR) is 189 cm³/mol. The molecule has 2 aliphatic rings. The molecule has 0 radical (unpaired) electrons. The van der Waals surface area contributed by atoms with Crippen LogP contribution >= 0.6 is 0 Å². The zero-order chi connectivity index (χ0) is 35.6. The first-order chi connectivity index (χ1) is 22.7. The molecule has 48 heavy (non-hydrogen) atoms. The summed E-state index contributed by atoms with van der Waals surface area (Å²) in [6.45, 7) is 15.9. The highest BCUT2D eigenvalue weighted by molar-refractivity contribution is 6.13. The monoisotopic (exact) mass is 662 g/mol. The molecule has 1 amide bonds. The van der Waals surface area contributed by atoms with E-state index in [0.717, 1.165) is 64.9 Å². The van der Waals surface area contributed by atoms with Crippen LogP contribution in [0.4, 0.5) is 13.6 Å². The van der Waals surface area contributed by atoms with Gasteiger partial charge in [-0.15, -0.1) is 5.73 Å². The Morgan fingerprint density at radius 1 is 1.25 bits per heavy atom. The fourth-order valence-corrected chi connectivity index (χ4v) is 6.19. The van der Waals surface area contributed by atoms with E-state index in [2.05, 4.69) is 34.8 Å². The molecule has 0 spiro atoms. The van der Waals surface area contributed by atoms with Crippen LogP contribution in [0.2, 0.25) is 0 Å². The van der Waals surface area contributed by atoms with Gasteiger partial charge in [0.2, 0.25) is 0 Å². The van der Waals surface area contributed by atoms with E-state index < -0.39 is 24.0 Å². The number of allylic oxidation sites excluding steroid dienone is 9. The SMILES string of the molecule is C/C=C(\C(C(CCCCC1=C=C(C)C=CC(C#N)=C1)=NCC)=C(\C)N1CCN(C(=O)OC(C)(C)C(F)(F)CC)C[C@@H]1C)c1cnn(C)c1. The number of hydrogen-bond acceptors (Lipinski definition) is 6. The number of aromatic nitrogens is 2. The van der Waals surface area contributed by atoms with Crippen LogP contribution in [0, 0.1) is 11.3 Å². The van der Waals surface area contributed by atoms with Crippen molar-refractivity contribution in [3.63, 3.8) is 0 Å². The van der Waals surface area contributed by atoms with E-state index in [0.29, 0.717) is 31.8 Å². The summed E-state index contributed by atoms with van der Waals surface area (Å²) in [5, 5.41) is 13.9. The van der Waals surface area contributed by atoms with Crippen molar-refractivity contribution < 1.29 is 18.3 Å². The Kier molecular flexibility index (Phi) is 13.3. The van der Waals surface area contributed by atoms with Gasteiger partial charge in [0.25, 0.3) is 5.92 Å². The van der Waals surface area contributed by atoms with Gasteiger partial charge in [-0.2, -0.15) is 10.4 Å². The lowest BCUT2D eigenvalue weighted by Gasteiger charge is -2.43. The molecule has 8 nitrogen and oxygen atoms in total. The van der Waals surface area contributed by atoms with Gasteiger partial charge in [-0.05, 0) is 103 Å². The number of nitrogens with zero attached hydrogens (tertiary/aromatic N) is 6. The zero-order valence-electron chi connectivity index (χ0n) is 30.2. The number of nitriles is 1. The largest absolute Gasteiger partial charge is 0.437 e. The Morgan fingerprint density at radius 2 is 1.98 bits per heavy atom. The summed E-state index contributed by atoms with van der Waals surface area (Å²) in [6, 6.07) is 2.14. The van der Waals surface area contributed by atoms with Gasteiger partial charge in [-0.25, -0.2) is 13.6 Å². The van der Waals surface area contributed by atoms with E-state index in [-0.39, 0.29) is 6.04 Å². The van der Waals surface area contributed by atoms with Crippen molar-refractivity contribution in [2.45, 2.75) is 105 Å². The molecule has 260 valence electrons. The fraction of sp³-hybridized carbons (Fsp3) is 0.553. The van der Waals surface area contributed by atoms with Crippen molar-refractivity contribution >= 4 is 17.4 Å². The summed E-state index contributed by atoms with van der Waals surface area (Å²) >= 11 is 0. The number of piperazine rings is 1. The molecular formula is C38H52F2N6O2. The van der Waals surface area contributed by atoms with E-state index in [9.17, 15) is 18.8 Å². The minimum Gasteiger partial charge on any atom is -0.437 e. The van der Waals surface area contributed by atoms with Gasteiger partial charge in [-0.3, -0.25) is 9.67 Å². The molecule has 0 saturated carbocycles. The molecular weight excluding hydrogens is 610 g/mol. The van der Waals surface area contributed by atoms with Crippen LogP contribution in [0.3, 0.4) is 0 Å². The minimum absolute atomic E-state index is 0.0992. The molecule has 1 aliphatic heterocycles. The second kappa shape index (κ2) is 16.7. The van der Waals surface area contributed by atoms with Gasteiger partial charge in [0, 0.05) is 74.4 Å². The van der Waals surface area contributed by atoms with Crippen molar-refractivity contribution in [1.29, 1.82) is 5.26 Å². The Labute approximate surface area is 285 Å². The molecule has 1 fully saturated rings. The van der Waals surface area contributed by atoms with Gasteiger partial charge < -0.3 is 14.5 Å². The molecule has 1 aromatic heterocycles. The van der Waals surface area contributed by atoms with E-state index in [1.165, 1.54) is 25.7 Å². The highest BCUT2D eigenvalue weighted by atomic mass is 19.3. The van der Waals surface area contributed by atoms with Crippen LogP contribution in [0.5, 0.6) is 0 Å². The molecule has 2 heterocycles. The number of amides is 1. The number of carbonyl (C=O) groups excluding carboxylic acids is 1. The lowest BCUT2D eigenvalue weighted by molar-refractivity contribution is -0.169. The van der Waals surface area contributed by atoms with Crippen LogP contribution in [-0.2, 0) is 11.8 Å². The maximum atomic E-state index is 14.5. The van der Waals surface area contributed by atoms with Gasteiger partial charge in [0.15, 0.2) is 5.60 Å². The number of hydrogen-bond donors (Lipinski definition) is 0. The molecule has 3 rings (SSSR count). The standard InChI is InChI=1S/C38H52F2N6O2/c1-10-33(32-24-43-44(9)26-32)35(34(42-12-3)16-14-13-15-30-21-27(4)17-18-31(22-30)23-41)29(6)46-20-19-45(25-28(46)5)36(47)48-37(7,8)38(39,40)11-2/h10,17-18,22,24,26,28H,11-16,19-20,25H2,1-9H3/b33-10-,35-29+,42-34?/t28-/m0/s1. The molecule has 0 aromatic carbocycles. The number of rotatable bonds is 13. The van der Waals surface area contributed by atoms with Gasteiger partial charge in [0.1, 0.15) is 0 Å². The number of carbonyl (C=O) groups is 1. The highest BCUT2D eigenvalue weighted by Gasteiger charge is 2.49. The van der Waals surface area contributed by atoms with Crippen molar-refractivity contribution in [3.05, 3.63) is 76.0 Å². The van der Waals surface area contributed by atoms with Crippen LogP contribution in [0.15, 0.2) is 75.4 Å². The topological polar surface area (TPSA) is 86.8 Å². The number of aryl methyl sites for hydroxylation is 1. The van der Waals surface area contributed by atoms with Crippen molar-refractivity contribution in [3.8, 4) is 6.07 Å². The average Bonchev–Trinajstić information content (AvgIpc) is 3.38. The second-order valence-electron chi connectivity index (χ2n) is 13.0. The quantitative estimate of drug-likeness (QED) is 0.0914. The summed E-state index contributed by atoms with van der Waals surface area (Å²) in [5.41, 5.74) is 9.24. The summed E-state index contributed by atoms with van der Waals surface area (Å²) in [4.78, 5) is 21.9. The number of aliphatic imine (C=N–C) groups is 1. The van der Waals surface area contributed by atoms with Crippen LogP contribution < -0.4 is 0 Å². The maximum absolute atomic E-state index is 14.5. The molecule has 0 N–H and O–H groups in total. The first-order valence-corrected chi connectivity index (χ1v) is 17.0. The third-order valence-corrected chi connectivity index (χ3v) is 9.00. The normalized spacial score (nSPS) is 18.5. The number of halogens is 2. The molecule has 1 aromatic rings. The Balaban J connectivity index is 1.89. The predicted octanol–water partition coefficient (Wildman–Crippen LogP) is 8.58. The van der Waals surface area contributed by atoms with E-state index in [1.54, 1.807) is 4.68 Å². The lowest BCUT2D eigenvalue weighted by Crippen LogP contribution is -2.55. The Bertz CT molecular complexity index is 1590. The molecule has 0 unspecified atom stereocenters. The number of unbranched alkanes of at least 4 members (excludes halogenated alkanes) is 1. The van der Waals surface area contributed by atoms with Gasteiger partial charge >= 0.3 is 6.09 Å². The first kappa shape index (κ1) is 38.2. The Morgan fingerprint density at radius 3 is 2.56 bits per heavy atom. The summed E-state index contributed by atoms with van der Waals surface area (Å²) in [7, 11) is 1.89. The van der Waals surface area contributed by atoms with E-state index in [1.807, 2.05) is 65.4 Å². The maximum Gasteiger partial charge on any atom is 0.410 e. The lowest BCUT2D eigenvalue weighted by atomic mass is 9.90. The first-order valence-electron chi connectivity index (χ1n) is 17.0. The van der Waals surface area contributed by atoms with Gasteiger partial charge in [0.05, 0.1) is 17.8 Å². The molecule has 1 saturated heterocycles. The van der Waals surface area contributed by atoms with E-state index >= 15 is 0 Å². The Hall–Kier alpha value is -4.22. The number of ether oxygens (including phenoxy) is 1. The van der Waals surface area contributed by atoms with Crippen molar-refractivity contribution in [1.82, 2.24) is 19.6 Å². The van der Waals surface area contributed by atoms with Crippen LogP contribution in [-0.4, -0.2) is 75.1 Å². The molecule has 1 atom stereocenters. The number of alkyl halides is 2. The van der Waals surface area contributed by atoms with E-state index in [4.69, 9.17) is 9.73 Å². The van der Waals surface area contributed by atoms with Crippen molar-refractivity contribution in [2.24, 2.45) is 12.0 Å². The zero-order valence-corrected chi connectivity index (χ0v) is 30.2. The average molecular weight is 663 g/mol. The fourth-order valence-electron chi connectivity index (χ4n) is 6.19.